The largest absolute Gasteiger partial charge is 0.611 e. The van der Waals surface area contributed by atoms with Crippen LogP contribution >= 0.6 is 0 Å². The van der Waals surface area contributed by atoms with Crippen molar-refractivity contribution in [1.82, 2.24) is 0 Å². The molecule has 0 saturated carbocycles. The van der Waals surface area contributed by atoms with Gasteiger partial charge in [0.2, 0.25) is 46.5 Å². The van der Waals surface area contributed by atoms with E-state index >= 15 is 17.6 Å². The molecule has 2 aliphatic heterocycles. The van der Waals surface area contributed by atoms with E-state index in [1.807, 2.05) is 0 Å². The van der Waals surface area contributed by atoms with Crippen LogP contribution in [0.3, 0.4) is 0 Å². The quantitative estimate of drug-likeness (QED) is 0.108. The first-order valence-corrected chi connectivity index (χ1v) is 11.2. The zero-order chi connectivity index (χ0) is 33.2. The van der Waals surface area contributed by atoms with Gasteiger partial charge in [0.05, 0.1) is 22.3 Å². The Kier molecular flexibility index (Phi) is 6.32. The molecule has 0 radical (unpaired) electrons. The molecule has 4 aromatic rings. The van der Waals surface area contributed by atoms with E-state index in [1.165, 1.54) is 0 Å². The summed E-state index contributed by atoms with van der Waals surface area (Å²) >= 11 is 0. The number of ether oxygens (including phenoxy) is 4. The lowest BCUT2D eigenvalue weighted by Gasteiger charge is -2.30. The first-order valence-electron chi connectivity index (χ1n) is 11.2. The van der Waals surface area contributed by atoms with Crippen molar-refractivity contribution in [3.63, 3.8) is 0 Å². The van der Waals surface area contributed by atoms with Gasteiger partial charge >= 0.3 is 6.16 Å². The van der Waals surface area contributed by atoms with Crippen LogP contribution in [0, 0.1) is 93.1 Å². The second kappa shape index (κ2) is 9.48. The number of fused-ring (bicyclic) bond motifs is 6. The fraction of sp³-hybridized carbons (Fsp3) is 0.0400. The summed E-state index contributed by atoms with van der Waals surface area (Å²) in [5.41, 5.74) is -8.95. The summed E-state index contributed by atoms with van der Waals surface area (Å²) in [6.07, 6.45) is -4.70. The molecule has 6 rings (SSSR count). The van der Waals surface area contributed by atoms with Gasteiger partial charge < -0.3 is 18.9 Å². The third-order valence-electron chi connectivity index (χ3n) is 6.30. The van der Waals surface area contributed by atoms with Gasteiger partial charge in [-0.3, -0.25) is 0 Å². The van der Waals surface area contributed by atoms with Crippen molar-refractivity contribution < 1.29 is 89.2 Å². The van der Waals surface area contributed by atoms with Crippen molar-refractivity contribution in [1.29, 1.82) is 0 Å². The lowest BCUT2D eigenvalue weighted by molar-refractivity contribution is -0.367. The van der Waals surface area contributed by atoms with Gasteiger partial charge in [0, 0.05) is 0 Å². The Morgan fingerprint density at radius 1 is 0.222 bits per heavy atom. The maximum Gasteiger partial charge on any atom is 0.611 e. The molecule has 0 saturated heterocycles. The molecule has 2 heterocycles. The van der Waals surface area contributed by atoms with E-state index in [1.54, 1.807) is 0 Å². The van der Waals surface area contributed by atoms with Crippen LogP contribution in [-0.4, -0.2) is 6.16 Å². The summed E-state index contributed by atoms with van der Waals surface area (Å²) in [6.45, 7) is 0. The highest BCUT2D eigenvalue weighted by atomic mass is 19.2. The second-order valence-corrected chi connectivity index (χ2v) is 8.75. The standard InChI is InChI=1S/C25F16O4/c26-5-1-2-6(27)10(31)14(35)18(39)22(2)43-25(42-21(1)17(38)13(34)9(5)30)44-23-3(7(28)11(32)15(36)19(23)40)4-8(29)12(33)16(37)20(41)24(4)45-25. The second-order valence-electron chi connectivity index (χ2n) is 8.75. The van der Waals surface area contributed by atoms with E-state index in [-0.39, 0.29) is 0 Å². The van der Waals surface area contributed by atoms with Crippen molar-refractivity contribution >= 4 is 0 Å². The van der Waals surface area contributed by atoms with Crippen molar-refractivity contribution in [2.45, 2.75) is 6.16 Å². The molecule has 0 unspecified atom stereocenters. The third-order valence-corrected chi connectivity index (χ3v) is 6.30. The predicted molar refractivity (Wildman–Crippen MR) is 108 cm³/mol. The molecule has 0 aliphatic carbocycles. The molecule has 20 heteroatoms. The molecule has 0 amide bonds. The van der Waals surface area contributed by atoms with Crippen LogP contribution in [0.5, 0.6) is 23.0 Å². The number of rotatable bonds is 0. The Morgan fingerprint density at radius 3 is 0.556 bits per heavy atom. The number of benzene rings is 4. The summed E-state index contributed by atoms with van der Waals surface area (Å²) in [7, 11) is 0. The SMILES string of the molecule is Fc1c(F)c(F)c2c(c1F)OC1(Oc3c(F)c(F)c(F)c(F)c3-2)Oc2c(F)c(F)c(F)c(F)c2-c2c(F)c(F)c(F)c(F)c2O1. The van der Waals surface area contributed by atoms with Crippen LogP contribution in [-0.2, 0) is 0 Å². The monoisotopic (exact) mass is 668 g/mol. The highest BCUT2D eigenvalue weighted by molar-refractivity contribution is 5.80. The van der Waals surface area contributed by atoms with E-state index in [0.29, 0.717) is 0 Å². The van der Waals surface area contributed by atoms with E-state index in [0.717, 1.165) is 0 Å². The van der Waals surface area contributed by atoms with Gasteiger partial charge in [0.1, 0.15) is 0 Å². The van der Waals surface area contributed by atoms with Crippen molar-refractivity contribution in [2.24, 2.45) is 0 Å². The molecule has 0 fully saturated rings. The minimum absolute atomic E-state index is 2.24. The molecule has 4 aromatic carbocycles. The normalized spacial score (nSPS) is 14.2. The van der Waals surface area contributed by atoms with Gasteiger partial charge in [-0.25, -0.2) is 52.7 Å². The Hall–Kier alpha value is -5.04. The van der Waals surface area contributed by atoms with E-state index in [9.17, 15) is 52.7 Å². The zero-order valence-electron chi connectivity index (χ0n) is 20.2. The Bertz CT molecular complexity index is 1760. The Balaban J connectivity index is 1.82. The fourth-order valence-corrected chi connectivity index (χ4v) is 4.35. The molecule has 0 atom stereocenters. The fourth-order valence-electron chi connectivity index (χ4n) is 4.35. The average molecular weight is 668 g/mol. The lowest BCUT2D eigenvalue weighted by atomic mass is 10.0. The summed E-state index contributed by atoms with van der Waals surface area (Å²) < 4.78 is 252. The van der Waals surface area contributed by atoms with E-state index < -0.39 is 144 Å². The molecule has 45 heavy (non-hydrogen) atoms. The van der Waals surface area contributed by atoms with Gasteiger partial charge in [-0.05, 0) is 0 Å². The molecule has 2 aliphatic rings. The molecule has 0 aromatic heterocycles. The minimum atomic E-state index is -4.70. The Labute approximate surface area is 234 Å². The summed E-state index contributed by atoms with van der Waals surface area (Å²) in [5.74, 6) is -55.1. The molecule has 0 N–H and O–H groups in total. The maximum absolute atomic E-state index is 15.0. The van der Waals surface area contributed by atoms with Gasteiger partial charge in [-0.15, -0.1) is 0 Å². The van der Waals surface area contributed by atoms with Gasteiger partial charge in [0.15, 0.2) is 69.5 Å². The number of halogens is 16. The maximum atomic E-state index is 15.0. The molecule has 1 spiro atoms. The van der Waals surface area contributed by atoms with Crippen molar-refractivity contribution in [2.75, 3.05) is 0 Å². The van der Waals surface area contributed by atoms with Crippen molar-refractivity contribution in [3.8, 4) is 45.3 Å². The number of hydrogen-bond donors (Lipinski definition) is 0. The third kappa shape index (κ3) is 3.76. The first-order chi connectivity index (χ1) is 21.0. The first kappa shape index (κ1) is 30.0. The molecule has 236 valence electrons. The number of hydrogen-bond acceptors (Lipinski definition) is 4. The summed E-state index contributed by atoms with van der Waals surface area (Å²) in [5, 5.41) is 0. The predicted octanol–water partition coefficient (Wildman–Crippen LogP) is 8.10. The summed E-state index contributed by atoms with van der Waals surface area (Å²) in [4.78, 5) is 0. The molecule has 4 nitrogen and oxygen atoms in total. The topological polar surface area (TPSA) is 36.9 Å². The smallest absolute Gasteiger partial charge is 0.382 e. The van der Waals surface area contributed by atoms with E-state index in [2.05, 4.69) is 18.9 Å². The highest BCUT2D eigenvalue weighted by Crippen LogP contribution is 2.54. The lowest BCUT2D eigenvalue weighted by Crippen LogP contribution is -2.53. The minimum Gasteiger partial charge on any atom is -0.382 e. The van der Waals surface area contributed by atoms with E-state index in [4.69, 9.17) is 0 Å². The van der Waals surface area contributed by atoms with Gasteiger partial charge in [0.25, 0.3) is 0 Å². The average Bonchev–Trinajstić information content (AvgIpc) is 3.26. The highest BCUT2D eigenvalue weighted by Gasteiger charge is 2.56. The molecule has 0 bridgehead atoms. The van der Waals surface area contributed by atoms with Crippen LogP contribution in [0.2, 0.25) is 0 Å². The van der Waals surface area contributed by atoms with Crippen LogP contribution in [0.1, 0.15) is 0 Å². The summed E-state index contributed by atoms with van der Waals surface area (Å²) in [6, 6.07) is 0. The molecular weight excluding hydrogens is 668 g/mol. The van der Waals surface area contributed by atoms with Crippen molar-refractivity contribution in [3.05, 3.63) is 93.1 Å². The van der Waals surface area contributed by atoms with Gasteiger partial charge in [-0.2, -0.15) is 17.6 Å². The van der Waals surface area contributed by atoms with Crippen LogP contribution < -0.4 is 18.9 Å². The zero-order valence-corrected chi connectivity index (χ0v) is 20.2. The van der Waals surface area contributed by atoms with Crippen LogP contribution in [0.25, 0.3) is 22.3 Å². The van der Waals surface area contributed by atoms with Gasteiger partial charge in [-0.1, -0.05) is 0 Å². The van der Waals surface area contributed by atoms with Crippen LogP contribution in [0.4, 0.5) is 70.2 Å². The molecular formula is C25F16O4. The van der Waals surface area contributed by atoms with Crippen LogP contribution in [0.15, 0.2) is 0 Å². The Morgan fingerprint density at radius 2 is 0.378 bits per heavy atom.